The van der Waals surface area contributed by atoms with E-state index in [1.54, 1.807) is 6.20 Å². The Labute approximate surface area is 259 Å². The second-order valence-electron chi connectivity index (χ2n) is 13.3. The molecule has 2 bridgehead atoms. The molecule has 2 saturated heterocycles. The summed E-state index contributed by atoms with van der Waals surface area (Å²) < 4.78 is 0. The van der Waals surface area contributed by atoms with Crippen molar-refractivity contribution in [1.29, 1.82) is 0 Å². The van der Waals surface area contributed by atoms with E-state index in [0.717, 1.165) is 31.0 Å². The van der Waals surface area contributed by atoms with Gasteiger partial charge in [0.25, 0.3) is 0 Å². The Balaban J connectivity index is 0.962. The molecule has 1 unspecified atom stereocenters. The predicted molar refractivity (Wildman–Crippen MR) is 170 cm³/mol. The van der Waals surface area contributed by atoms with Crippen LogP contribution < -0.4 is 10.6 Å². The molecule has 2 aromatic rings. The van der Waals surface area contributed by atoms with Crippen LogP contribution in [0, 0.1) is 17.8 Å². The fourth-order valence-electron chi connectivity index (χ4n) is 8.31. The molecule has 3 N–H and O–H groups in total. The number of likely N-dealkylation sites (tertiary alicyclic amines) is 1. The van der Waals surface area contributed by atoms with Crippen molar-refractivity contribution >= 4 is 35.0 Å². The van der Waals surface area contributed by atoms with Crippen LogP contribution in [0.3, 0.4) is 0 Å². The van der Waals surface area contributed by atoms with Crippen molar-refractivity contribution in [2.75, 3.05) is 56.9 Å². The van der Waals surface area contributed by atoms with Crippen LogP contribution in [-0.4, -0.2) is 100 Å². The summed E-state index contributed by atoms with van der Waals surface area (Å²) in [7, 11) is 2.24. The summed E-state index contributed by atoms with van der Waals surface area (Å²) >= 11 is 6.46. The van der Waals surface area contributed by atoms with Crippen molar-refractivity contribution in [3.05, 3.63) is 52.7 Å². The van der Waals surface area contributed by atoms with Crippen LogP contribution in [0.5, 0.6) is 0 Å². The molecule has 7 rings (SSSR count). The van der Waals surface area contributed by atoms with E-state index in [1.165, 1.54) is 76.1 Å². The smallest absolute Gasteiger partial charge is 0.309 e. The average Bonchev–Trinajstić information content (AvgIpc) is 3.55. The molecular formula is C33H44ClN7O2. The number of piperazine rings is 1. The third-order valence-electron chi connectivity index (χ3n) is 10.8. The molecule has 2 aliphatic heterocycles. The molecule has 0 radical (unpaired) electrons. The van der Waals surface area contributed by atoms with Crippen molar-refractivity contribution in [2.45, 2.75) is 63.1 Å². The summed E-state index contributed by atoms with van der Waals surface area (Å²) in [6.45, 7) is 7.29. The highest BCUT2D eigenvalue weighted by Crippen LogP contribution is 2.45. The first-order chi connectivity index (χ1) is 20.9. The maximum atomic E-state index is 12.0. The Morgan fingerprint density at radius 2 is 1.63 bits per heavy atom. The van der Waals surface area contributed by atoms with E-state index in [2.05, 4.69) is 66.6 Å². The SMILES string of the molecule is CN1CCN(C2CCN(C3CCc4ccc(Nc5ncc(Cl)c(N[C@H]6[C@@H](C(=O)O)[C@@H]7C=C[C@H]6C7)n5)cc4CC3)CC2)CC1. The molecule has 1 aromatic heterocycles. The lowest BCUT2D eigenvalue weighted by molar-refractivity contribution is -0.142. The number of halogens is 1. The molecule has 43 heavy (non-hydrogen) atoms. The van der Waals surface area contributed by atoms with E-state index in [-0.39, 0.29) is 17.9 Å². The highest BCUT2D eigenvalue weighted by Gasteiger charge is 2.48. The van der Waals surface area contributed by atoms with Crippen LogP contribution in [0.15, 0.2) is 36.5 Å². The van der Waals surface area contributed by atoms with Crippen LogP contribution in [0.1, 0.15) is 43.2 Å². The Kier molecular flexibility index (Phi) is 8.33. The molecule has 3 fully saturated rings. The molecule has 230 valence electrons. The Hall–Kier alpha value is -2.72. The number of aromatic nitrogens is 2. The molecule has 3 aliphatic carbocycles. The molecule has 9 nitrogen and oxygen atoms in total. The molecule has 5 aliphatic rings. The fraction of sp³-hybridized carbons (Fsp3) is 0.606. The maximum absolute atomic E-state index is 12.0. The first-order valence-electron chi connectivity index (χ1n) is 16.2. The van der Waals surface area contributed by atoms with Gasteiger partial charge < -0.3 is 25.5 Å². The van der Waals surface area contributed by atoms with Crippen molar-refractivity contribution in [3.8, 4) is 0 Å². The first kappa shape index (κ1) is 29.0. The quantitative estimate of drug-likeness (QED) is 0.311. The van der Waals surface area contributed by atoms with Crippen LogP contribution in [0.25, 0.3) is 0 Å². The summed E-state index contributed by atoms with van der Waals surface area (Å²) in [5.74, 6) is -0.0940. The van der Waals surface area contributed by atoms with Crippen molar-refractivity contribution in [1.82, 2.24) is 24.7 Å². The average molecular weight is 606 g/mol. The number of nitrogens with zero attached hydrogens (tertiary/aromatic N) is 5. The monoisotopic (exact) mass is 605 g/mol. The number of allylic oxidation sites excluding steroid dienone is 1. The summed E-state index contributed by atoms with van der Waals surface area (Å²) in [4.78, 5) is 29.0. The largest absolute Gasteiger partial charge is 0.481 e. The number of benzene rings is 1. The number of fused-ring (bicyclic) bond motifs is 3. The lowest BCUT2D eigenvalue weighted by atomic mass is 9.89. The zero-order valence-electron chi connectivity index (χ0n) is 25.1. The maximum Gasteiger partial charge on any atom is 0.309 e. The summed E-state index contributed by atoms with van der Waals surface area (Å²) in [6.07, 6.45) is 13.8. The minimum Gasteiger partial charge on any atom is -0.481 e. The predicted octanol–water partition coefficient (Wildman–Crippen LogP) is 4.52. The number of rotatable bonds is 7. The van der Waals surface area contributed by atoms with Gasteiger partial charge in [-0.05, 0) is 100 Å². The Morgan fingerprint density at radius 3 is 2.40 bits per heavy atom. The summed E-state index contributed by atoms with van der Waals surface area (Å²) in [6, 6.07) is 7.81. The van der Waals surface area contributed by atoms with Crippen molar-refractivity contribution in [3.63, 3.8) is 0 Å². The second kappa shape index (κ2) is 12.3. The van der Waals surface area contributed by atoms with Gasteiger partial charge in [-0.1, -0.05) is 29.8 Å². The Morgan fingerprint density at radius 1 is 0.930 bits per heavy atom. The molecule has 3 heterocycles. The van der Waals surface area contributed by atoms with Gasteiger partial charge in [0.15, 0.2) is 5.82 Å². The number of hydrogen-bond acceptors (Lipinski definition) is 8. The molecule has 0 amide bonds. The normalized spacial score (nSPS) is 30.2. The number of hydrogen-bond donors (Lipinski definition) is 3. The third-order valence-corrected chi connectivity index (χ3v) is 11.1. The number of carboxylic acids is 1. The number of carbonyl (C=O) groups is 1. The number of likely N-dealkylation sites (N-methyl/N-ethyl adjacent to an activating group) is 1. The van der Waals surface area contributed by atoms with Crippen LogP contribution >= 0.6 is 11.6 Å². The number of aliphatic carboxylic acids is 1. The molecule has 5 atom stereocenters. The lowest BCUT2D eigenvalue weighted by Crippen LogP contribution is -2.53. The minimum absolute atomic E-state index is 0.0614. The second-order valence-corrected chi connectivity index (χ2v) is 13.7. The number of carboxylic acid groups (broad SMARTS) is 1. The van der Waals surface area contributed by atoms with E-state index in [9.17, 15) is 9.90 Å². The summed E-state index contributed by atoms with van der Waals surface area (Å²) in [5.41, 5.74) is 3.82. The van der Waals surface area contributed by atoms with Gasteiger partial charge in [0, 0.05) is 50.0 Å². The first-order valence-corrected chi connectivity index (χ1v) is 16.5. The van der Waals surface area contributed by atoms with Gasteiger partial charge in [-0.15, -0.1) is 0 Å². The highest BCUT2D eigenvalue weighted by atomic mass is 35.5. The van der Waals surface area contributed by atoms with Crippen molar-refractivity contribution < 1.29 is 9.90 Å². The van der Waals surface area contributed by atoms with Gasteiger partial charge in [0.05, 0.1) is 12.1 Å². The van der Waals surface area contributed by atoms with Crippen LogP contribution in [0.2, 0.25) is 5.02 Å². The highest BCUT2D eigenvalue weighted by molar-refractivity contribution is 6.32. The lowest BCUT2D eigenvalue weighted by Gasteiger charge is -2.44. The van der Waals surface area contributed by atoms with Gasteiger partial charge in [-0.25, -0.2) is 4.98 Å². The molecule has 1 saturated carbocycles. The van der Waals surface area contributed by atoms with Crippen LogP contribution in [-0.2, 0) is 17.6 Å². The number of piperidine rings is 1. The standard InChI is InChI=1S/C33H44ClN7O2/c1-39-14-16-41(17-15-39)27-10-12-40(13-11-27)26-8-5-21-4-7-25(19-22(21)6-9-26)36-33-35-20-28(34)31(38-33)37-30-24-3-2-23(18-24)29(30)32(42)43/h2-4,7,19-20,23-24,26-27,29-30H,5-6,8-18H2,1H3,(H,42,43)(H2,35,36,37,38)/t23-,24+,26?,29+,30-/m1/s1. The number of anilines is 3. The van der Waals surface area contributed by atoms with E-state index >= 15 is 0 Å². The van der Waals surface area contributed by atoms with Gasteiger partial charge in [-0.3, -0.25) is 9.69 Å². The number of nitrogens with one attached hydrogen (secondary N) is 2. The van der Waals surface area contributed by atoms with E-state index in [4.69, 9.17) is 11.6 Å². The molecular weight excluding hydrogens is 562 g/mol. The number of aryl methyl sites for hydroxylation is 2. The minimum atomic E-state index is -0.778. The molecule has 10 heteroatoms. The van der Waals surface area contributed by atoms with Crippen molar-refractivity contribution in [2.24, 2.45) is 17.8 Å². The zero-order valence-corrected chi connectivity index (χ0v) is 25.8. The third kappa shape index (κ3) is 6.14. The van der Waals surface area contributed by atoms with Gasteiger partial charge in [0.2, 0.25) is 5.95 Å². The zero-order chi connectivity index (χ0) is 29.5. The van der Waals surface area contributed by atoms with E-state index < -0.39 is 11.9 Å². The molecule has 0 spiro atoms. The summed E-state index contributed by atoms with van der Waals surface area (Å²) in [5, 5.41) is 16.9. The Bertz CT molecular complexity index is 1350. The van der Waals surface area contributed by atoms with Crippen LogP contribution in [0.4, 0.5) is 17.5 Å². The van der Waals surface area contributed by atoms with Gasteiger partial charge in [-0.2, -0.15) is 4.98 Å². The fourth-order valence-corrected chi connectivity index (χ4v) is 8.45. The van der Waals surface area contributed by atoms with Gasteiger partial charge in [0.1, 0.15) is 5.02 Å². The molecule has 1 aromatic carbocycles. The van der Waals surface area contributed by atoms with Gasteiger partial charge >= 0.3 is 5.97 Å². The van der Waals surface area contributed by atoms with E-state index in [0.29, 0.717) is 22.8 Å². The topological polar surface area (TPSA) is 96.9 Å². The van der Waals surface area contributed by atoms with E-state index in [1.807, 2.05) is 6.08 Å².